The van der Waals surface area contributed by atoms with Gasteiger partial charge >= 0.3 is 0 Å². The molecule has 5 heteroatoms. The van der Waals surface area contributed by atoms with Crippen LogP contribution in [0, 0.1) is 11.6 Å². The number of rotatable bonds is 2. The number of aromatic nitrogens is 2. The minimum absolute atomic E-state index is 0.262. The van der Waals surface area contributed by atoms with Crippen LogP contribution in [0.3, 0.4) is 0 Å². The largest absolute Gasteiger partial charge is 0.496 e. The van der Waals surface area contributed by atoms with Crippen LogP contribution in [0.25, 0.3) is 11.3 Å². The molecule has 2 aromatic rings. The topological polar surface area (TPSA) is 37.9 Å². The average molecular weight is 210 g/mol. The molecule has 1 aromatic heterocycles. The Bertz CT molecular complexity index is 469. The number of benzene rings is 1. The molecule has 15 heavy (non-hydrogen) atoms. The van der Waals surface area contributed by atoms with Crippen LogP contribution in [0.1, 0.15) is 0 Å². The molecule has 0 spiro atoms. The molecule has 0 amide bonds. The van der Waals surface area contributed by atoms with Crippen LogP contribution in [0.15, 0.2) is 24.7 Å². The van der Waals surface area contributed by atoms with Gasteiger partial charge in [0, 0.05) is 11.6 Å². The monoisotopic (exact) mass is 210 g/mol. The van der Waals surface area contributed by atoms with E-state index >= 15 is 0 Å². The first-order chi connectivity index (χ1) is 7.22. The number of nitrogens with one attached hydrogen (secondary N) is 1. The number of imidazole rings is 1. The molecule has 0 atom stereocenters. The zero-order valence-corrected chi connectivity index (χ0v) is 7.92. The zero-order valence-electron chi connectivity index (χ0n) is 7.92. The lowest BCUT2D eigenvalue weighted by atomic mass is 10.1. The van der Waals surface area contributed by atoms with Gasteiger partial charge in [-0.1, -0.05) is 0 Å². The highest BCUT2D eigenvalue weighted by molar-refractivity contribution is 5.66. The number of aromatic amines is 1. The number of hydrogen-bond donors (Lipinski definition) is 1. The molecule has 0 aliphatic rings. The second kappa shape index (κ2) is 3.68. The van der Waals surface area contributed by atoms with Crippen molar-refractivity contribution >= 4 is 0 Å². The molecule has 0 bridgehead atoms. The van der Waals surface area contributed by atoms with Gasteiger partial charge in [0.05, 0.1) is 25.3 Å². The predicted octanol–water partition coefficient (Wildman–Crippen LogP) is 2.36. The Hall–Kier alpha value is -1.91. The van der Waals surface area contributed by atoms with Gasteiger partial charge in [-0.05, 0) is 6.07 Å². The van der Waals surface area contributed by atoms with E-state index in [9.17, 15) is 8.78 Å². The van der Waals surface area contributed by atoms with Crippen LogP contribution in [0.4, 0.5) is 8.78 Å². The zero-order chi connectivity index (χ0) is 10.8. The molecule has 0 radical (unpaired) electrons. The second-order valence-corrected chi connectivity index (χ2v) is 2.93. The SMILES string of the molecule is COc1cc(F)c(F)cc1-c1cnc[nH]1. The van der Waals surface area contributed by atoms with Crippen LogP contribution in [0.2, 0.25) is 0 Å². The Morgan fingerprint density at radius 2 is 2.00 bits per heavy atom. The molecule has 2 rings (SSSR count). The summed E-state index contributed by atoms with van der Waals surface area (Å²) in [4.78, 5) is 6.59. The van der Waals surface area contributed by atoms with Gasteiger partial charge in [-0.15, -0.1) is 0 Å². The number of halogens is 2. The highest BCUT2D eigenvalue weighted by Gasteiger charge is 2.12. The smallest absolute Gasteiger partial charge is 0.162 e. The van der Waals surface area contributed by atoms with E-state index in [1.807, 2.05) is 0 Å². The van der Waals surface area contributed by atoms with Crippen LogP contribution >= 0.6 is 0 Å². The number of hydrogen-bond acceptors (Lipinski definition) is 2. The Morgan fingerprint density at radius 3 is 2.60 bits per heavy atom. The summed E-state index contributed by atoms with van der Waals surface area (Å²) >= 11 is 0. The lowest BCUT2D eigenvalue weighted by molar-refractivity contribution is 0.408. The third kappa shape index (κ3) is 1.68. The molecule has 0 saturated heterocycles. The lowest BCUT2D eigenvalue weighted by Gasteiger charge is -2.07. The Balaban J connectivity index is 2.60. The van der Waals surface area contributed by atoms with Gasteiger partial charge in [0.25, 0.3) is 0 Å². The summed E-state index contributed by atoms with van der Waals surface area (Å²) in [6.07, 6.45) is 2.96. The molecular weight excluding hydrogens is 202 g/mol. The van der Waals surface area contributed by atoms with E-state index in [1.54, 1.807) is 0 Å². The van der Waals surface area contributed by atoms with Gasteiger partial charge in [0.2, 0.25) is 0 Å². The molecule has 1 heterocycles. The fourth-order valence-electron chi connectivity index (χ4n) is 1.31. The number of nitrogens with zero attached hydrogens (tertiary/aromatic N) is 1. The standard InChI is InChI=1S/C10H8F2N2O/c1-15-10-3-8(12)7(11)2-6(10)9-4-13-5-14-9/h2-5H,1H3,(H,13,14). The van der Waals surface area contributed by atoms with Crippen LogP contribution in [0.5, 0.6) is 5.75 Å². The Kier molecular flexibility index (Phi) is 2.37. The molecule has 1 aromatic carbocycles. The second-order valence-electron chi connectivity index (χ2n) is 2.93. The summed E-state index contributed by atoms with van der Waals surface area (Å²) in [5, 5.41) is 0. The summed E-state index contributed by atoms with van der Waals surface area (Å²) in [5.74, 6) is -1.59. The summed E-state index contributed by atoms with van der Waals surface area (Å²) < 4.78 is 30.9. The maximum absolute atomic E-state index is 13.0. The lowest BCUT2D eigenvalue weighted by Crippen LogP contribution is -1.92. The molecule has 0 unspecified atom stereocenters. The first-order valence-corrected chi connectivity index (χ1v) is 4.24. The van der Waals surface area contributed by atoms with Crippen LogP contribution in [-0.4, -0.2) is 17.1 Å². The summed E-state index contributed by atoms with van der Waals surface area (Å²) in [6, 6.07) is 2.08. The third-order valence-electron chi connectivity index (χ3n) is 2.03. The highest BCUT2D eigenvalue weighted by atomic mass is 19.2. The van der Waals surface area contributed by atoms with E-state index in [0.29, 0.717) is 11.3 Å². The Labute approximate surface area is 84.7 Å². The van der Waals surface area contributed by atoms with E-state index in [1.165, 1.54) is 19.6 Å². The van der Waals surface area contributed by atoms with Gasteiger partial charge in [-0.25, -0.2) is 13.8 Å². The normalized spacial score (nSPS) is 10.3. The minimum Gasteiger partial charge on any atom is -0.496 e. The van der Waals surface area contributed by atoms with Gasteiger partial charge in [0.1, 0.15) is 5.75 Å². The molecule has 0 saturated carbocycles. The van der Waals surface area contributed by atoms with Gasteiger partial charge in [-0.3, -0.25) is 0 Å². The number of H-pyrrole nitrogens is 1. The first kappa shape index (κ1) is 9.64. The minimum atomic E-state index is -0.935. The van der Waals surface area contributed by atoms with E-state index in [-0.39, 0.29) is 5.75 Å². The number of ether oxygens (including phenoxy) is 1. The van der Waals surface area contributed by atoms with Crippen molar-refractivity contribution in [3.05, 3.63) is 36.3 Å². The summed E-state index contributed by atoms with van der Waals surface area (Å²) in [6.45, 7) is 0. The maximum atomic E-state index is 13.0. The van der Waals surface area contributed by atoms with E-state index in [2.05, 4.69) is 9.97 Å². The maximum Gasteiger partial charge on any atom is 0.162 e. The first-order valence-electron chi connectivity index (χ1n) is 4.24. The fourth-order valence-corrected chi connectivity index (χ4v) is 1.31. The summed E-state index contributed by atoms with van der Waals surface area (Å²) in [7, 11) is 1.40. The molecule has 0 aliphatic carbocycles. The number of methoxy groups -OCH3 is 1. The van der Waals surface area contributed by atoms with Crippen LogP contribution in [-0.2, 0) is 0 Å². The third-order valence-corrected chi connectivity index (χ3v) is 2.03. The molecule has 1 N–H and O–H groups in total. The quantitative estimate of drug-likeness (QED) is 0.826. The summed E-state index contributed by atoms with van der Waals surface area (Å²) in [5.41, 5.74) is 1.01. The molecule has 3 nitrogen and oxygen atoms in total. The van der Waals surface area contributed by atoms with E-state index in [4.69, 9.17) is 4.74 Å². The Morgan fingerprint density at radius 1 is 1.27 bits per heavy atom. The molecular formula is C10H8F2N2O. The van der Waals surface area contributed by atoms with Crippen molar-refractivity contribution in [1.82, 2.24) is 9.97 Å². The van der Waals surface area contributed by atoms with Crippen molar-refractivity contribution in [2.75, 3.05) is 7.11 Å². The van der Waals surface area contributed by atoms with Gasteiger partial charge < -0.3 is 9.72 Å². The molecule has 0 fully saturated rings. The van der Waals surface area contributed by atoms with Crippen molar-refractivity contribution in [3.8, 4) is 17.0 Å². The molecule has 0 aliphatic heterocycles. The van der Waals surface area contributed by atoms with Crippen LogP contribution < -0.4 is 4.74 Å². The predicted molar refractivity (Wildman–Crippen MR) is 50.5 cm³/mol. The van der Waals surface area contributed by atoms with Crippen molar-refractivity contribution in [3.63, 3.8) is 0 Å². The van der Waals surface area contributed by atoms with Gasteiger partial charge in [0.15, 0.2) is 11.6 Å². The van der Waals surface area contributed by atoms with E-state index < -0.39 is 11.6 Å². The molecule has 78 valence electrons. The van der Waals surface area contributed by atoms with Crippen molar-refractivity contribution < 1.29 is 13.5 Å². The average Bonchev–Trinajstić information content (AvgIpc) is 2.74. The van der Waals surface area contributed by atoms with Gasteiger partial charge in [-0.2, -0.15) is 0 Å². The van der Waals surface area contributed by atoms with Crippen molar-refractivity contribution in [1.29, 1.82) is 0 Å². The van der Waals surface area contributed by atoms with Crippen molar-refractivity contribution in [2.24, 2.45) is 0 Å². The highest BCUT2D eigenvalue weighted by Crippen LogP contribution is 2.30. The van der Waals surface area contributed by atoms with E-state index in [0.717, 1.165) is 12.1 Å². The fraction of sp³-hybridized carbons (Fsp3) is 0.100. The van der Waals surface area contributed by atoms with Crippen molar-refractivity contribution in [2.45, 2.75) is 0 Å².